The van der Waals surface area contributed by atoms with Crippen LogP contribution in [0.4, 0.5) is 5.69 Å². The highest BCUT2D eigenvalue weighted by Gasteiger charge is 2.21. The first-order valence-electron chi connectivity index (χ1n) is 7.39. The van der Waals surface area contributed by atoms with Crippen molar-refractivity contribution in [2.45, 2.75) is 6.42 Å². The van der Waals surface area contributed by atoms with E-state index in [1.165, 1.54) is 5.56 Å². The third-order valence-corrected chi connectivity index (χ3v) is 4.27. The van der Waals surface area contributed by atoms with Crippen molar-refractivity contribution in [3.8, 4) is 22.5 Å². The highest BCUT2D eigenvalue weighted by molar-refractivity contribution is 5.76. The number of benzene rings is 2. The topological polar surface area (TPSA) is 44.9 Å². The summed E-state index contributed by atoms with van der Waals surface area (Å²) in [6.45, 7) is 0. The summed E-state index contributed by atoms with van der Waals surface area (Å²) in [5, 5.41) is 3.10. The van der Waals surface area contributed by atoms with Crippen molar-refractivity contribution in [3.63, 3.8) is 0 Å². The van der Waals surface area contributed by atoms with Crippen molar-refractivity contribution in [3.05, 3.63) is 75.9 Å². The lowest BCUT2D eigenvalue weighted by Gasteiger charge is -2.08. The molecule has 3 heteroatoms. The first-order chi connectivity index (χ1) is 10.8. The summed E-state index contributed by atoms with van der Waals surface area (Å²) >= 11 is 0. The number of aromatic nitrogens is 1. The summed E-state index contributed by atoms with van der Waals surface area (Å²) in [5.74, 6) is 0. The molecule has 3 aromatic rings. The molecule has 1 aliphatic carbocycles. The molecule has 0 aliphatic heterocycles. The first kappa shape index (κ1) is 12.9. The predicted octanol–water partition coefficient (Wildman–Crippen LogP) is 3.65. The van der Waals surface area contributed by atoms with E-state index in [2.05, 4.69) is 22.4 Å². The number of pyridine rings is 1. The van der Waals surface area contributed by atoms with Crippen LogP contribution in [0.15, 0.2) is 59.4 Å². The van der Waals surface area contributed by atoms with Gasteiger partial charge in [0.2, 0.25) is 0 Å². The SMILES string of the molecule is CNc1ccc(-c2cc(=O)c3c([nH]2)-c2ccccc2C3)cc1. The summed E-state index contributed by atoms with van der Waals surface area (Å²) in [6.07, 6.45) is 0.722. The van der Waals surface area contributed by atoms with Crippen molar-refractivity contribution in [2.75, 3.05) is 12.4 Å². The average Bonchev–Trinajstić information content (AvgIpc) is 2.94. The van der Waals surface area contributed by atoms with Crippen LogP contribution in [-0.2, 0) is 6.42 Å². The van der Waals surface area contributed by atoms with Gasteiger partial charge >= 0.3 is 0 Å². The molecule has 0 amide bonds. The Bertz CT molecular complexity index is 907. The van der Waals surface area contributed by atoms with E-state index >= 15 is 0 Å². The summed E-state index contributed by atoms with van der Waals surface area (Å²) in [4.78, 5) is 15.9. The first-order valence-corrected chi connectivity index (χ1v) is 7.39. The molecule has 2 N–H and O–H groups in total. The Morgan fingerprint density at radius 2 is 1.82 bits per heavy atom. The summed E-state index contributed by atoms with van der Waals surface area (Å²) in [5.41, 5.74) is 7.24. The number of nitrogens with one attached hydrogen (secondary N) is 2. The van der Waals surface area contributed by atoms with E-state index in [4.69, 9.17) is 0 Å². The molecule has 22 heavy (non-hydrogen) atoms. The van der Waals surface area contributed by atoms with Crippen LogP contribution < -0.4 is 10.7 Å². The third-order valence-electron chi connectivity index (χ3n) is 4.27. The second-order valence-electron chi connectivity index (χ2n) is 5.56. The van der Waals surface area contributed by atoms with Gasteiger partial charge in [-0.2, -0.15) is 0 Å². The van der Waals surface area contributed by atoms with Crippen LogP contribution in [0.3, 0.4) is 0 Å². The van der Waals surface area contributed by atoms with Crippen LogP contribution in [-0.4, -0.2) is 12.0 Å². The molecular weight excluding hydrogens is 272 g/mol. The third kappa shape index (κ3) is 1.94. The maximum absolute atomic E-state index is 12.5. The van der Waals surface area contributed by atoms with Crippen LogP contribution in [0, 0.1) is 0 Å². The lowest BCUT2D eigenvalue weighted by atomic mass is 10.1. The van der Waals surface area contributed by atoms with E-state index in [-0.39, 0.29) is 5.43 Å². The highest BCUT2D eigenvalue weighted by atomic mass is 16.1. The number of anilines is 1. The molecule has 3 nitrogen and oxygen atoms in total. The van der Waals surface area contributed by atoms with E-state index in [9.17, 15) is 4.79 Å². The van der Waals surface area contributed by atoms with E-state index < -0.39 is 0 Å². The Kier molecular flexibility index (Phi) is 2.86. The normalized spacial score (nSPS) is 11.9. The molecule has 1 aromatic heterocycles. The van der Waals surface area contributed by atoms with Gasteiger partial charge < -0.3 is 10.3 Å². The van der Waals surface area contributed by atoms with Gasteiger partial charge in [0, 0.05) is 42.0 Å². The Hall–Kier alpha value is -2.81. The molecule has 0 radical (unpaired) electrons. The Morgan fingerprint density at radius 1 is 1.05 bits per heavy atom. The molecule has 1 heterocycles. The Balaban J connectivity index is 1.87. The molecule has 0 fully saturated rings. The number of fused-ring (bicyclic) bond motifs is 3. The zero-order chi connectivity index (χ0) is 15.1. The maximum atomic E-state index is 12.5. The predicted molar refractivity (Wildman–Crippen MR) is 90.3 cm³/mol. The lowest BCUT2D eigenvalue weighted by Crippen LogP contribution is -2.08. The monoisotopic (exact) mass is 288 g/mol. The van der Waals surface area contributed by atoms with Gasteiger partial charge in [-0.25, -0.2) is 0 Å². The van der Waals surface area contributed by atoms with Crippen molar-refractivity contribution in [1.29, 1.82) is 0 Å². The van der Waals surface area contributed by atoms with Crippen molar-refractivity contribution >= 4 is 5.69 Å². The zero-order valence-corrected chi connectivity index (χ0v) is 12.3. The van der Waals surface area contributed by atoms with Crippen molar-refractivity contribution in [2.24, 2.45) is 0 Å². The second kappa shape index (κ2) is 4.88. The van der Waals surface area contributed by atoms with Crippen LogP contribution in [0.1, 0.15) is 11.1 Å². The van der Waals surface area contributed by atoms with Gasteiger partial charge in [0.05, 0.1) is 5.69 Å². The molecule has 0 saturated heterocycles. The molecule has 2 aromatic carbocycles. The number of hydrogen-bond acceptors (Lipinski definition) is 2. The number of rotatable bonds is 2. The minimum absolute atomic E-state index is 0.109. The highest BCUT2D eigenvalue weighted by Crippen LogP contribution is 2.34. The molecule has 0 spiro atoms. The average molecular weight is 288 g/mol. The van der Waals surface area contributed by atoms with Gasteiger partial charge in [-0.3, -0.25) is 4.79 Å². The minimum atomic E-state index is 0.109. The van der Waals surface area contributed by atoms with Crippen molar-refractivity contribution in [1.82, 2.24) is 4.98 Å². The molecule has 0 saturated carbocycles. The number of H-pyrrole nitrogens is 1. The van der Waals surface area contributed by atoms with Gasteiger partial charge in [-0.05, 0) is 23.3 Å². The summed E-state index contributed by atoms with van der Waals surface area (Å²) in [7, 11) is 1.89. The van der Waals surface area contributed by atoms with Crippen LogP contribution in [0.25, 0.3) is 22.5 Å². The van der Waals surface area contributed by atoms with Crippen LogP contribution in [0.5, 0.6) is 0 Å². The molecule has 1 aliphatic rings. The smallest absolute Gasteiger partial charge is 0.186 e. The summed E-state index contributed by atoms with van der Waals surface area (Å²) in [6, 6.07) is 18.0. The standard InChI is InChI=1S/C19H16N2O/c1-20-14-8-6-12(7-9-14)17-11-18(22)16-10-13-4-2-3-5-15(13)19(16)21-17/h2-9,11,20H,10H2,1H3,(H,21,22). The van der Waals surface area contributed by atoms with Crippen LogP contribution >= 0.6 is 0 Å². The molecule has 0 atom stereocenters. The van der Waals surface area contributed by atoms with E-state index in [1.807, 2.05) is 43.4 Å². The van der Waals surface area contributed by atoms with Crippen LogP contribution in [0.2, 0.25) is 0 Å². The van der Waals surface area contributed by atoms with Gasteiger partial charge in [0.1, 0.15) is 0 Å². The van der Waals surface area contributed by atoms with E-state index in [1.54, 1.807) is 6.07 Å². The molecule has 4 rings (SSSR count). The van der Waals surface area contributed by atoms with Gasteiger partial charge in [-0.1, -0.05) is 36.4 Å². The maximum Gasteiger partial charge on any atom is 0.186 e. The Labute approximate surface area is 128 Å². The zero-order valence-electron chi connectivity index (χ0n) is 12.3. The van der Waals surface area contributed by atoms with Crippen molar-refractivity contribution < 1.29 is 0 Å². The van der Waals surface area contributed by atoms with E-state index in [0.717, 1.165) is 40.2 Å². The number of aromatic amines is 1. The fraction of sp³-hybridized carbons (Fsp3) is 0.105. The Morgan fingerprint density at radius 3 is 2.59 bits per heavy atom. The van der Waals surface area contributed by atoms with Gasteiger partial charge in [0.25, 0.3) is 0 Å². The van der Waals surface area contributed by atoms with Gasteiger partial charge in [-0.15, -0.1) is 0 Å². The quantitative estimate of drug-likeness (QED) is 0.591. The molecular formula is C19H16N2O. The molecule has 0 bridgehead atoms. The number of hydrogen-bond donors (Lipinski definition) is 2. The molecule has 0 unspecified atom stereocenters. The fourth-order valence-corrected chi connectivity index (χ4v) is 3.07. The minimum Gasteiger partial charge on any atom is -0.388 e. The molecule has 108 valence electrons. The van der Waals surface area contributed by atoms with Gasteiger partial charge in [0.15, 0.2) is 5.43 Å². The second-order valence-corrected chi connectivity index (χ2v) is 5.56. The largest absolute Gasteiger partial charge is 0.388 e. The van der Waals surface area contributed by atoms with E-state index in [0.29, 0.717) is 0 Å². The summed E-state index contributed by atoms with van der Waals surface area (Å²) < 4.78 is 0. The fourth-order valence-electron chi connectivity index (χ4n) is 3.07. The lowest BCUT2D eigenvalue weighted by molar-refractivity contribution is 1.20.